The summed E-state index contributed by atoms with van der Waals surface area (Å²) in [7, 11) is 0. The van der Waals surface area contributed by atoms with Crippen LogP contribution in [-0.4, -0.2) is 5.78 Å². The van der Waals surface area contributed by atoms with Crippen LogP contribution in [0, 0.1) is 11.3 Å². The van der Waals surface area contributed by atoms with Crippen molar-refractivity contribution in [3.05, 3.63) is 72.3 Å². The predicted octanol–water partition coefficient (Wildman–Crippen LogP) is 5.62. The molecule has 0 radical (unpaired) electrons. The van der Waals surface area contributed by atoms with Crippen molar-refractivity contribution in [1.29, 1.82) is 5.26 Å². The third-order valence-electron chi connectivity index (χ3n) is 2.34. The van der Waals surface area contributed by atoms with Gasteiger partial charge in [0.2, 0.25) is 0 Å². The normalized spacial score (nSPS) is 9.09. The summed E-state index contributed by atoms with van der Waals surface area (Å²) in [5.74, 6) is -0.713. The number of rotatable bonds is 2. The molecule has 2 nitrogen and oxygen atoms in total. The lowest BCUT2D eigenvalue weighted by Crippen LogP contribution is -2.05. The van der Waals surface area contributed by atoms with Gasteiger partial charge in [-0.2, -0.15) is 5.26 Å². The van der Waals surface area contributed by atoms with Crippen LogP contribution in [0.5, 0.6) is 0 Å². The SMILES string of the molecule is CC.CC.CC(=O)C(C#N)c1ccccc1.c1ccccc1. The van der Waals surface area contributed by atoms with Crippen molar-refractivity contribution < 1.29 is 4.79 Å². The fourth-order valence-electron chi connectivity index (χ4n) is 1.43. The number of Topliss-reactive ketones (excluding diaryl/α,β-unsaturated/α-hetero) is 1. The lowest BCUT2D eigenvalue weighted by Gasteiger charge is -2.03. The summed E-state index contributed by atoms with van der Waals surface area (Å²) in [5.41, 5.74) is 0.771. The number of carbonyl (C=O) groups is 1. The number of carbonyl (C=O) groups excluding carboxylic acids is 1. The van der Waals surface area contributed by atoms with E-state index in [4.69, 9.17) is 5.26 Å². The molecule has 0 N–H and O–H groups in total. The Bertz CT molecular complexity index is 474. The molecular weight excluding hydrogens is 270 g/mol. The molecule has 0 aliphatic rings. The van der Waals surface area contributed by atoms with Gasteiger partial charge in [0.1, 0.15) is 5.92 Å². The summed E-state index contributed by atoms with van der Waals surface area (Å²) in [6.07, 6.45) is 0. The smallest absolute Gasteiger partial charge is 0.151 e. The highest BCUT2D eigenvalue weighted by atomic mass is 16.1. The van der Waals surface area contributed by atoms with E-state index in [0.29, 0.717) is 0 Å². The molecule has 0 spiro atoms. The average Bonchev–Trinajstić information content (AvgIpc) is 2.62. The van der Waals surface area contributed by atoms with E-state index in [1.165, 1.54) is 6.92 Å². The first-order chi connectivity index (χ1) is 10.8. The Morgan fingerprint density at radius 1 is 0.818 bits per heavy atom. The molecule has 0 bridgehead atoms. The van der Waals surface area contributed by atoms with E-state index < -0.39 is 5.92 Å². The molecule has 0 heterocycles. The predicted molar refractivity (Wildman–Crippen MR) is 94.6 cm³/mol. The zero-order chi connectivity index (χ0) is 17.2. The van der Waals surface area contributed by atoms with Crippen LogP contribution in [0.15, 0.2) is 66.7 Å². The first-order valence-electron chi connectivity index (χ1n) is 7.70. The zero-order valence-corrected chi connectivity index (χ0v) is 14.3. The van der Waals surface area contributed by atoms with Crippen LogP contribution < -0.4 is 0 Å². The van der Waals surface area contributed by atoms with Crippen LogP contribution >= 0.6 is 0 Å². The first kappa shape index (κ1) is 21.9. The summed E-state index contributed by atoms with van der Waals surface area (Å²) in [5, 5.41) is 8.68. The topological polar surface area (TPSA) is 40.9 Å². The van der Waals surface area contributed by atoms with E-state index in [9.17, 15) is 4.79 Å². The van der Waals surface area contributed by atoms with Gasteiger partial charge in [0.05, 0.1) is 6.07 Å². The van der Waals surface area contributed by atoms with Crippen molar-refractivity contribution in [2.24, 2.45) is 0 Å². The Balaban J connectivity index is 0. The molecule has 0 saturated heterocycles. The fourth-order valence-corrected chi connectivity index (χ4v) is 1.43. The van der Waals surface area contributed by atoms with Crippen molar-refractivity contribution >= 4 is 5.78 Å². The highest BCUT2D eigenvalue weighted by Crippen LogP contribution is 2.14. The highest BCUT2D eigenvalue weighted by Gasteiger charge is 2.14. The molecule has 0 aliphatic heterocycles. The minimum Gasteiger partial charge on any atom is -0.298 e. The van der Waals surface area contributed by atoms with Gasteiger partial charge >= 0.3 is 0 Å². The Hall–Kier alpha value is -2.40. The van der Waals surface area contributed by atoms with Gasteiger partial charge in [-0.05, 0) is 12.5 Å². The van der Waals surface area contributed by atoms with Crippen LogP contribution in [-0.2, 0) is 4.79 Å². The lowest BCUT2D eigenvalue weighted by atomic mass is 9.97. The molecule has 2 aromatic carbocycles. The number of ketones is 1. The maximum atomic E-state index is 11.0. The van der Waals surface area contributed by atoms with Gasteiger partial charge in [-0.3, -0.25) is 4.79 Å². The fraction of sp³-hybridized carbons (Fsp3) is 0.300. The van der Waals surface area contributed by atoms with Crippen molar-refractivity contribution in [3.8, 4) is 6.07 Å². The van der Waals surface area contributed by atoms with Gasteiger partial charge < -0.3 is 0 Å². The molecule has 0 amide bonds. The standard InChI is InChI=1S/C10H9NO.C6H6.2C2H6/c1-8(12)10(7-11)9-5-3-2-4-6-9;1-2-4-6-5-3-1;2*1-2/h2-6,10H,1H3;1-6H;2*1-2H3. The molecule has 0 saturated carbocycles. The van der Waals surface area contributed by atoms with Crippen molar-refractivity contribution in [1.82, 2.24) is 0 Å². The number of hydrogen-bond donors (Lipinski definition) is 0. The second kappa shape index (κ2) is 16.7. The molecule has 2 aromatic rings. The van der Waals surface area contributed by atoms with E-state index in [-0.39, 0.29) is 5.78 Å². The first-order valence-corrected chi connectivity index (χ1v) is 7.70. The van der Waals surface area contributed by atoms with Gasteiger partial charge in [0.15, 0.2) is 5.78 Å². The minimum atomic E-state index is -0.605. The van der Waals surface area contributed by atoms with Crippen molar-refractivity contribution in [3.63, 3.8) is 0 Å². The van der Waals surface area contributed by atoms with Gasteiger partial charge in [-0.15, -0.1) is 0 Å². The highest BCUT2D eigenvalue weighted by molar-refractivity contribution is 5.86. The number of benzene rings is 2. The van der Waals surface area contributed by atoms with Gasteiger partial charge in [0.25, 0.3) is 0 Å². The Kier molecular flexibility index (Phi) is 16.6. The third-order valence-corrected chi connectivity index (χ3v) is 2.34. The van der Waals surface area contributed by atoms with E-state index >= 15 is 0 Å². The molecule has 0 aliphatic carbocycles. The second-order valence-electron chi connectivity index (χ2n) is 3.74. The Labute approximate surface area is 135 Å². The van der Waals surface area contributed by atoms with Crippen LogP contribution in [0.2, 0.25) is 0 Å². The molecule has 0 aromatic heterocycles. The summed E-state index contributed by atoms with van der Waals surface area (Å²) < 4.78 is 0. The summed E-state index contributed by atoms with van der Waals surface area (Å²) >= 11 is 0. The van der Waals surface area contributed by atoms with Crippen LogP contribution in [0.25, 0.3) is 0 Å². The van der Waals surface area contributed by atoms with Gasteiger partial charge in [0, 0.05) is 0 Å². The molecule has 2 rings (SSSR count). The summed E-state index contributed by atoms with van der Waals surface area (Å²) in [6.45, 7) is 9.43. The largest absolute Gasteiger partial charge is 0.298 e. The van der Waals surface area contributed by atoms with E-state index in [2.05, 4.69) is 0 Å². The number of nitrogens with zero attached hydrogens (tertiary/aromatic N) is 1. The summed E-state index contributed by atoms with van der Waals surface area (Å²) in [6, 6.07) is 23.0. The second-order valence-corrected chi connectivity index (χ2v) is 3.74. The molecule has 2 heteroatoms. The maximum Gasteiger partial charge on any atom is 0.151 e. The molecule has 0 fully saturated rings. The number of hydrogen-bond acceptors (Lipinski definition) is 2. The molecule has 1 unspecified atom stereocenters. The monoisotopic (exact) mass is 297 g/mol. The summed E-state index contributed by atoms with van der Waals surface area (Å²) in [4.78, 5) is 11.0. The zero-order valence-electron chi connectivity index (χ0n) is 14.3. The molecular formula is C20H27NO. The van der Waals surface area contributed by atoms with E-state index in [1.807, 2.05) is 88.4 Å². The lowest BCUT2D eigenvalue weighted by molar-refractivity contribution is -0.117. The molecule has 1 atom stereocenters. The number of nitriles is 1. The third kappa shape index (κ3) is 10.4. The average molecular weight is 297 g/mol. The Morgan fingerprint density at radius 3 is 1.41 bits per heavy atom. The van der Waals surface area contributed by atoms with Crippen molar-refractivity contribution in [2.45, 2.75) is 40.5 Å². The molecule has 118 valence electrons. The molecule has 22 heavy (non-hydrogen) atoms. The van der Waals surface area contributed by atoms with Gasteiger partial charge in [-0.25, -0.2) is 0 Å². The minimum absolute atomic E-state index is 0.108. The van der Waals surface area contributed by atoms with Crippen LogP contribution in [0.3, 0.4) is 0 Å². The maximum absolute atomic E-state index is 11.0. The van der Waals surface area contributed by atoms with E-state index in [0.717, 1.165) is 5.56 Å². The van der Waals surface area contributed by atoms with Crippen molar-refractivity contribution in [2.75, 3.05) is 0 Å². The van der Waals surface area contributed by atoms with Crippen LogP contribution in [0.4, 0.5) is 0 Å². The van der Waals surface area contributed by atoms with E-state index in [1.54, 1.807) is 12.1 Å². The Morgan fingerprint density at radius 2 is 1.14 bits per heavy atom. The van der Waals surface area contributed by atoms with Gasteiger partial charge in [-0.1, -0.05) is 94.4 Å². The van der Waals surface area contributed by atoms with Crippen LogP contribution in [0.1, 0.15) is 46.1 Å². The quantitative estimate of drug-likeness (QED) is 0.721.